The molecule has 18 heavy (non-hydrogen) atoms. The summed E-state index contributed by atoms with van der Waals surface area (Å²) in [5.74, 6) is 0. The number of rotatable bonds is 6. The van der Waals surface area contributed by atoms with Crippen molar-refractivity contribution >= 4 is 17.3 Å². The SMILES string of the molecule is Cc1cc(CNC(=S)NCCCN(C)C)nn1C. The van der Waals surface area contributed by atoms with Crippen molar-refractivity contribution in [2.75, 3.05) is 27.2 Å². The number of nitrogens with zero attached hydrogens (tertiary/aromatic N) is 3. The highest BCUT2D eigenvalue weighted by Gasteiger charge is 2.01. The van der Waals surface area contributed by atoms with E-state index in [-0.39, 0.29) is 0 Å². The highest BCUT2D eigenvalue weighted by Crippen LogP contribution is 2.00. The van der Waals surface area contributed by atoms with E-state index in [4.69, 9.17) is 12.2 Å². The largest absolute Gasteiger partial charge is 0.363 e. The quantitative estimate of drug-likeness (QED) is 0.586. The van der Waals surface area contributed by atoms with Gasteiger partial charge >= 0.3 is 0 Å². The molecule has 1 aromatic heterocycles. The summed E-state index contributed by atoms with van der Waals surface area (Å²) in [6, 6.07) is 2.06. The molecule has 0 amide bonds. The lowest BCUT2D eigenvalue weighted by Crippen LogP contribution is -2.36. The van der Waals surface area contributed by atoms with Gasteiger partial charge in [-0.05, 0) is 52.3 Å². The van der Waals surface area contributed by atoms with E-state index in [9.17, 15) is 0 Å². The average molecular weight is 269 g/mol. The minimum Gasteiger partial charge on any atom is -0.363 e. The van der Waals surface area contributed by atoms with Crippen LogP contribution in [0, 0.1) is 6.92 Å². The Hall–Kier alpha value is -1.14. The Kier molecular flexibility index (Phi) is 6.07. The zero-order valence-electron chi connectivity index (χ0n) is 11.7. The van der Waals surface area contributed by atoms with Gasteiger partial charge in [0.2, 0.25) is 0 Å². The minimum absolute atomic E-state index is 0.668. The fourth-order valence-electron chi connectivity index (χ4n) is 1.55. The van der Waals surface area contributed by atoms with E-state index in [1.807, 2.05) is 18.7 Å². The van der Waals surface area contributed by atoms with Crippen molar-refractivity contribution in [1.82, 2.24) is 25.3 Å². The van der Waals surface area contributed by atoms with Gasteiger partial charge in [-0.3, -0.25) is 4.68 Å². The summed E-state index contributed by atoms with van der Waals surface area (Å²) in [7, 11) is 6.08. The van der Waals surface area contributed by atoms with E-state index in [2.05, 4.69) is 40.8 Å². The third-order valence-corrected chi connectivity index (χ3v) is 2.95. The Morgan fingerprint density at radius 2 is 2.17 bits per heavy atom. The number of nitrogens with one attached hydrogen (secondary N) is 2. The summed E-state index contributed by atoms with van der Waals surface area (Å²) in [5.41, 5.74) is 2.16. The van der Waals surface area contributed by atoms with Crippen molar-refractivity contribution in [2.45, 2.75) is 19.9 Å². The lowest BCUT2D eigenvalue weighted by Gasteiger charge is -2.11. The van der Waals surface area contributed by atoms with Gasteiger partial charge in [-0.2, -0.15) is 5.10 Å². The van der Waals surface area contributed by atoms with E-state index in [1.54, 1.807) is 0 Å². The van der Waals surface area contributed by atoms with Gasteiger partial charge in [-0.1, -0.05) is 0 Å². The molecule has 1 aromatic rings. The molecule has 0 saturated heterocycles. The smallest absolute Gasteiger partial charge is 0.166 e. The maximum Gasteiger partial charge on any atom is 0.166 e. The summed E-state index contributed by atoms with van der Waals surface area (Å²) in [5, 5.41) is 11.4. The molecule has 5 nitrogen and oxygen atoms in total. The Bertz CT molecular complexity index is 366. The fourth-order valence-corrected chi connectivity index (χ4v) is 1.73. The maximum absolute atomic E-state index is 5.20. The molecular weight excluding hydrogens is 246 g/mol. The van der Waals surface area contributed by atoms with Gasteiger partial charge in [-0.25, -0.2) is 0 Å². The molecule has 1 heterocycles. The summed E-state index contributed by atoms with van der Waals surface area (Å²) in [6.07, 6.45) is 1.08. The number of hydrogen-bond donors (Lipinski definition) is 2. The predicted molar refractivity (Wildman–Crippen MR) is 78.6 cm³/mol. The molecule has 0 aliphatic carbocycles. The van der Waals surface area contributed by atoms with Crippen molar-refractivity contribution in [3.63, 3.8) is 0 Å². The molecule has 0 fully saturated rings. The molecule has 102 valence electrons. The van der Waals surface area contributed by atoms with Gasteiger partial charge in [0.25, 0.3) is 0 Å². The van der Waals surface area contributed by atoms with Crippen LogP contribution in [0.1, 0.15) is 17.8 Å². The van der Waals surface area contributed by atoms with E-state index >= 15 is 0 Å². The Labute approximate surface area is 115 Å². The average Bonchev–Trinajstić information content (AvgIpc) is 2.61. The van der Waals surface area contributed by atoms with Gasteiger partial charge in [0.1, 0.15) is 0 Å². The first kappa shape index (κ1) is 14.9. The Morgan fingerprint density at radius 1 is 1.44 bits per heavy atom. The van der Waals surface area contributed by atoms with E-state index in [0.29, 0.717) is 11.7 Å². The molecule has 0 atom stereocenters. The summed E-state index contributed by atoms with van der Waals surface area (Å²) in [4.78, 5) is 2.16. The predicted octanol–water partition coefficient (Wildman–Crippen LogP) is 0.644. The first-order chi connectivity index (χ1) is 8.49. The van der Waals surface area contributed by atoms with E-state index < -0.39 is 0 Å². The van der Waals surface area contributed by atoms with Crippen LogP contribution in [0.15, 0.2) is 6.07 Å². The summed E-state index contributed by atoms with van der Waals surface area (Å²) >= 11 is 5.20. The van der Waals surface area contributed by atoms with Crippen LogP contribution in [0.3, 0.4) is 0 Å². The van der Waals surface area contributed by atoms with E-state index in [1.165, 1.54) is 0 Å². The van der Waals surface area contributed by atoms with Crippen molar-refractivity contribution in [3.8, 4) is 0 Å². The molecule has 2 N–H and O–H groups in total. The van der Waals surface area contributed by atoms with E-state index in [0.717, 1.165) is 30.9 Å². The van der Waals surface area contributed by atoms with Crippen molar-refractivity contribution in [1.29, 1.82) is 0 Å². The number of aromatic nitrogens is 2. The molecular formula is C12H23N5S. The topological polar surface area (TPSA) is 45.1 Å². The van der Waals surface area contributed by atoms with Gasteiger partial charge in [0, 0.05) is 19.3 Å². The van der Waals surface area contributed by atoms with Crippen LogP contribution in [0.4, 0.5) is 0 Å². The highest BCUT2D eigenvalue weighted by atomic mass is 32.1. The van der Waals surface area contributed by atoms with Crippen LogP contribution in [-0.2, 0) is 13.6 Å². The molecule has 0 bridgehead atoms. The first-order valence-corrected chi connectivity index (χ1v) is 6.56. The molecule has 1 rings (SSSR count). The Morgan fingerprint density at radius 3 is 2.72 bits per heavy atom. The summed E-state index contributed by atoms with van der Waals surface area (Å²) in [6.45, 7) is 4.66. The monoisotopic (exact) mass is 269 g/mol. The third kappa shape index (κ3) is 5.46. The van der Waals surface area contributed by atoms with Crippen molar-refractivity contribution in [2.24, 2.45) is 7.05 Å². The zero-order valence-corrected chi connectivity index (χ0v) is 12.5. The van der Waals surface area contributed by atoms with Crippen LogP contribution in [-0.4, -0.2) is 47.0 Å². The van der Waals surface area contributed by atoms with Crippen LogP contribution >= 0.6 is 12.2 Å². The number of aryl methyl sites for hydroxylation is 2. The van der Waals surface area contributed by atoms with Crippen molar-refractivity contribution in [3.05, 3.63) is 17.5 Å². The van der Waals surface area contributed by atoms with Gasteiger partial charge < -0.3 is 15.5 Å². The van der Waals surface area contributed by atoms with Crippen LogP contribution < -0.4 is 10.6 Å². The van der Waals surface area contributed by atoms with Crippen LogP contribution in [0.5, 0.6) is 0 Å². The zero-order chi connectivity index (χ0) is 13.5. The molecule has 0 aliphatic rings. The number of hydrogen-bond acceptors (Lipinski definition) is 3. The molecule has 6 heteroatoms. The Balaban J connectivity index is 2.17. The fraction of sp³-hybridized carbons (Fsp3) is 0.667. The minimum atomic E-state index is 0.668. The highest BCUT2D eigenvalue weighted by molar-refractivity contribution is 7.80. The third-order valence-electron chi connectivity index (χ3n) is 2.66. The number of thiocarbonyl (C=S) groups is 1. The summed E-state index contributed by atoms with van der Waals surface area (Å²) < 4.78 is 1.87. The lowest BCUT2D eigenvalue weighted by atomic mass is 10.4. The van der Waals surface area contributed by atoms with Crippen LogP contribution in [0.2, 0.25) is 0 Å². The maximum atomic E-state index is 5.20. The standard InChI is InChI=1S/C12H23N5S/c1-10-8-11(15-17(10)4)9-14-12(18)13-6-5-7-16(2)3/h8H,5-7,9H2,1-4H3,(H2,13,14,18). The first-order valence-electron chi connectivity index (χ1n) is 6.15. The molecule has 0 spiro atoms. The lowest BCUT2D eigenvalue weighted by molar-refractivity contribution is 0.400. The second-order valence-electron chi connectivity index (χ2n) is 4.67. The van der Waals surface area contributed by atoms with Crippen LogP contribution in [0.25, 0.3) is 0 Å². The second-order valence-corrected chi connectivity index (χ2v) is 5.08. The molecule has 0 radical (unpaired) electrons. The van der Waals surface area contributed by atoms with Gasteiger partial charge in [-0.15, -0.1) is 0 Å². The molecule has 0 unspecified atom stereocenters. The van der Waals surface area contributed by atoms with Crippen molar-refractivity contribution < 1.29 is 0 Å². The normalized spacial score (nSPS) is 10.7. The molecule has 0 aliphatic heterocycles. The second kappa shape index (κ2) is 7.33. The molecule has 0 saturated carbocycles. The van der Waals surface area contributed by atoms with Gasteiger partial charge in [0.05, 0.1) is 12.2 Å². The molecule has 0 aromatic carbocycles. The van der Waals surface area contributed by atoms with Gasteiger partial charge in [0.15, 0.2) is 5.11 Å².